The molecular weight excluding hydrogens is 498 g/mol. The van der Waals surface area contributed by atoms with Crippen molar-refractivity contribution in [3.63, 3.8) is 0 Å². The molecule has 2 unspecified atom stereocenters. The number of benzene rings is 4. The molecule has 0 spiro atoms. The summed E-state index contributed by atoms with van der Waals surface area (Å²) in [5.74, 6) is 0.892. The van der Waals surface area contributed by atoms with Gasteiger partial charge in [0.15, 0.2) is 0 Å². The van der Waals surface area contributed by atoms with Crippen LogP contribution in [0.2, 0.25) is 0 Å². The standard InChI is InChI=1S/C35H31NO4/c37-35(40-23-33-31-15-6-4-13-29(31)30-14-5-7-16-32(30)33)36-26-18-25(19-27(36)22-38-21-26)28-12-8-9-17-34(28)39-20-24-10-2-1-3-11-24/h1-18,26-27,33H,19-23H2. The predicted molar refractivity (Wildman–Crippen MR) is 155 cm³/mol. The molecule has 0 N–H and O–H groups in total. The summed E-state index contributed by atoms with van der Waals surface area (Å²) in [6, 6.07) is 34.9. The molecule has 0 aromatic heterocycles. The second kappa shape index (κ2) is 10.7. The van der Waals surface area contributed by atoms with Gasteiger partial charge in [0, 0.05) is 11.5 Å². The lowest BCUT2D eigenvalue weighted by molar-refractivity contribution is -0.0331. The highest BCUT2D eigenvalue weighted by molar-refractivity contribution is 5.80. The van der Waals surface area contributed by atoms with Crippen molar-refractivity contribution in [2.45, 2.75) is 31.0 Å². The first-order chi connectivity index (χ1) is 19.8. The van der Waals surface area contributed by atoms with Crippen molar-refractivity contribution in [1.82, 2.24) is 4.90 Å². The van der Waals surface area contributed by atoms with E-state index in [0.29, 0.717) is 32.8 Å². The van der Waals surface area contributed by atoms with Gasteiger partial charge in [-0.1, -0.05) is 103 Å². The number of carbonyl (C=O) groups is 1. The molecular formula is C35H31NO4. The van der Waals surface area contributed by atoms with Crippen molar-refractivity contribution in [1.29, 1.82) is 0 Å². The van der Waals surface area contributed by atoms with Gasteiger partial charge in [-0.25, -0.2) is 4.79 Å². The zero-order chi connectivity index (χ0) is 26.9. The normalized spacial score (nSPS) is 19.4. The monoisotopic (exact) mass is 529 g/mol. The van der Waals surface area contributed by atoms with Gasteiger partial charge in [-0.05, 0) is 45.9 Å². The Morgan fingerprint density at radius 1 is 0.775 bits per heavy atom. The molecule has 1 amide bonds. The van der Waals surface area contributed by atoms with E-state index in [1.807, 2.05) is 41.3 Å². The van der Waals surface area contributed by atoms with Gasteiger partial charge < -0.3 is 14.2 Å². The molecule has 3 aliphatic rings. The summed E-state index contributed by atoms with van der Waals surface area (Å²) in [5, 5.41) is 0. The zero-order valence-electron chi connectivity index (χ0n) is 22.2. The average molecular weight is 530 g/mol. The van der Waals surface area contributed by atoms with Gasteiger partial charge in [0.2, 0.25) is 0 Å². The number of para-hydroxylation sites is 1. The third kappa shape index (κ3) is 4.56. The second-order valence-electron chi connectivity index (χ2n) is 10.6. The summed E-state index contributed by atoms with van der Waals surface area (Å²) >= 11 is 0. The number of morpholine rings is 1. The number of rotatable bonds is 6. The summed E-state index contributed by atoms with van der Waals surface area (Å²) in [5.41, 5.74) is 8.26. The predicted octanol–water partition coefficient (Wildman–Crippen LogP) is 7.07. The average Bonchev–Trinajstić information content (AvgIpc) is 3.32. The molecule has 1 saturated heterocycles. The highest BCUT2D eigenvalue weighted by atomic mass is 16.6. The second-order valence-corrected chi connectivity index (χ2v) is 10.6. The molecule has 40 heavy (non-hydrogen) atoms. The molecule has 2 heterocycles. The van der Waals surface area contributed by atoms with Crippen molar-refractivity contribution < 1.29 is 19.0 Å². The van der Waals surface area contributed by atoms with Crippen LogP contribution in [0.25, 0.3) is 16.7 Å². The lowest BCUT2D eigenvalue weighted by Gasteiger charge is -2.44. The zero-order valence-corrected chi connectivity index (χ0v) is 22.2. The lowest BCUT2D eigenvalue weighted by Crippen LogP contribution is -2.56. The molecule has 0 saturated carbocycles. The number of hydrogen-bond donors (Lipinski definition) is 0. The fourth-order valence-corrected chi connectivity index (χ4v) is 6.34. The molecule has 5 nitrogen and oxygen atoms in total. The van der Waals surface area contributed by atoms with Crippen LogP contribution in [0.1, 0.15) is 34.6 Å². The van der Waals surface area contributed by atoms with E-state index in [0.717, 1.165) is 16.9 Å². The Kier molecular flexibility index (Phi) is 6.58. The minimum atomic E-state index is -0.274. The third-order valence-corrected chi connectivity index (χ3v) is 8.22. The van der Waals surface area contributed by atoms with E-state index in [4.69, 9.17) is 14.2 Å². The van der Waals surface area contributed by atoms with E-state index in [2.05, 4.69) is 72.8 Å². The van der Waals surface area contributed by atoms with Crippen molar-refractivity contribution in [2.24, 2.45) is 0 Å². The first-order valence-corrected chi connectivity index (χ1v) is 13.9. The van der Waals surface area contributed by atoms with Crippen molar-refractivity contribution >= 4 is 11.7 Å². The Bertz CT molecular complexity index is 1520. The molecule has 1 fully saturated rings. The van der Waals surface area contributed by atoms with Crippen molar-refractivity contribution in [2.75, 3.05) is 19.8 Å². The van der Waals surface area contributed by atoms with Crippen LogP contribution in [0.4, 0.5) is 4.79 Å². The van der Waals surface area contributed by atoms with Crippen LogP contribution in [-0.2, 0) is 16.1 Å². The molecule has 2 aliphatic heterocycles. The Morgan fingerprint density at radius 2 is 1.43 bits per heavy atom. The maximum absolute atomic E-state index is 13.6. The lowest BCUT2D eigenvalue weighted by atomic mass is 9.89. The van der Waals surface area contributed by atoms with Crippen LogP contribution in [0.5, 0.6) is 5.75 Å². The Hall–Kier alpha value is -4.35. The van der Waals surface area contributed by atoms with Crippen molar-refractivity contribution in [3.05, 3.63) is 131 Å². The summed E-state index contributed by atoms with van der Waals surface area (Å²) in [6.07, 6.45) is 2.57. The van der Waals surface area contributed by atoms with Crippen molar-refractivity contribution in [3.8, 4) is 16.9 Å². The minimum Gasteiger partial charge on any atom is -0.488 e. The topological polar surface area (TPSA) is 48.0 Å². The SMILES string of the molecule is O=C(OCC1c2ccccc2-c2ccccc21)N1C2C=C(c3ccccc3OCc3ccccc3)CC1COC2. The third-order valence-electron chi connectivity index (χ3n) is 8.22. The van der Waals surface area contributed by atoms with Crippen LogP contribution in [0.15, 0.2) is 109 Å². The molecule has 2 atom stereocenters. The molecule has 4 aromatic rings. The number of carbonyl (C=O) groups excluding carboxylic acids is 1. The van der Waals surface area contributed by atoms with Gasteiger partial charge in [0.1, 0.15) is 19.0 Å². The van der Waals surface area contributed by atoms with Crippen LogP contribution in [0.3, 0.4) is 0 Å². The summed E-state index contributed by atoms with van der Waals surface area (Å²) in [7, 11) is 0. The summed E-state index contributed by atoms with van der Waals surface area (Å²) < 4.78 is 18.2. The van der Waals surface area contributed by atoms with Gasteiger partial charge in [-0.3, -0.25) is 4.90 Å². The van der Waals surface area contributed by atoms with Crippen LogP contribution in [-0.4, -0.2) is 42.9 Å². The number of nitrogens with zero attached hydrogens (tertiary/aromatic N) is 1. The quantitative estimate of drug-likeness (QED) is 0.268. The fraction of sp³-hybridized carbons (Fsp3) is 0.229. The van der Waals surface area contributed by atoms with E-state index in [-0.39, 0.29) is 24.1 Å². The summed E-state index contributed by atoms with van der Waals surface area (Å²) in [4.78, 5) is 15.4. The van der Waals surface area contributed by atoms with Crippen LogP contribution < -0.4 is 4.74 Å². The van der Waals surface area contributed by atoms with E-state index in [1.54, 1.807) is 0 Å². The highest BCUT2D eigenvalue weighted by Gasteiger charge is 2.40. The minimum absolute atomic E-state index is 0.0389. The van der Waals surface area contributed by atoms with Gasteiger partial charge in [0.05, 0.1) is 25.3 Å². The maximum atomic E-state index is 13.6. The van der Waals surface area contributed by atoms with Crippen LogP contribution >= 0.6 is 0 Å². The Labute approximate surface area is 234 Å². The first-order valence-electron chi connectivity index (χ1n) is 13.9. The van der Waals surface area contributed by atoms with Gasteiger partial charge in [-0.15, -0.1) is 0 Å². The molecule has 2 bridgehead atoms. The molecule has 7 rings (SSSR count). The van der Waals surface area contributed by atoms with Crippen LogP contribution in [0, 0.1) is 0 Å². The Morgan fingerprint density at radius 3 is 2.15 bits per heavy atom. The summed E-state index contributed by atoms with van der Waals surface area (Å²) in [6.45, 7) is 1.77. The maximum Gasteiger partial charge on any atom is 0.410 e. The molecule has 200 valence electrons. The van der Waals surface area contributed by atoms with Gasteiger partial charge in [-0.2, -0.15) is 0 Å². The number of hydrogen-bond acceptors (Lipinski definition) is 4. The fourth-order valence-electron chi connectivity index (χ4n) is 6.34. The van der Waals surface area contributed by atoms with E-state index >= 15 is 0 Å². The molecule has 1 aliphatic carbocycles. The van der Waals surface area contributed by atoms with E-state index < -0.39 is 0 Å². The number of ether oxygens (including phenoxy) is 3. The highest BCUT2D eigenvalue weighted by Crippen LogP contribution is 2.45. The van der Waals surface area contributed by atoms with E-state index in [1.165, 1.54) is 27.8 Å². The first kappa shape index (κ1) is 24.7. The largest absolute Gasteiger partial charge is 0.488 e. The van der Waals surface area contributed by atoms with Gasteiger partial charge in [0.25, 0.3) is 0 Å². The number of fused-ring (bicyclic) bond motifs is 5. The smallest absolute Gasteiger partial charge is 0.410 e. The van der Waals surface area contributed by atoms with E-state index in [9.17, 15) is 4.79 Å². The Balaban J connectivity index is 1.09. The molecule has 0 radical (unpaired) electrons. The molecule has 5 heteroatoms. The molecule has 4 aromatic carbocycles. The number of amides is 1. The van der Waals surface area contributed by atoms with Gasteiger partial charge >= 0.3 is 6.09 Å².